The van der Waals surface area contributed by atoms with Crippen molar-refractivity contribution in [1.29, 1.82) is 0 Å². The van der Waals surface area contributed by atoms with E-state index in [1.165, 1.54) is 49.0 Å². The molecular weight excluding hydrogens is 315 g/mol. The van der Waals surface area contributed by atoms with Crippen LogP contribution in [0.5, 0.6) is 0 Å². The van der Waals surface area contributed by atoms with Gasteiger partial charge in [-0.15, -0.1) is 11.8 Å². The van der Waals surface area contributed by atoms with Crippen LogP contribution in [-0.4, -0.2) is 6.26 Å². The highest BCUT2D eigenvalue weighted by molar-refractivity contribution is 7.98. The summed E-state index contributed by atoms with van der Waals surface area (Å²) in [4.78, 5) is 1.21. The molecule has 1 aliphatic rings. The molecule has 0 nitrogen and oxygen atoms in total. The number of halogens is 1. The van der Waals surface area contributed by atoms with Crippen molar-refractivity contribution in [1.82, 2.24) is 0 Å². The standard InChI is InChI=1S/C22H27FS/c1-3-4-16-5-7-17(8-6-16)19-11-14-21(22(23)15-19)18-9-12-20(24-2)13-10-18/h9-17H,3-8H2,1-2H3. The van der Waals surface area contributed by atoms with Gasteiger partial charge in [0, 0.05) is 10.5 Å². The predicted molar refractivity (Wildman–Crippen MR) is 103 cm³/mol. The lowest BCUT2D eigenvalue weighted by Crippen LogP contribution is -2.13. The normalized spacial score (nSPS) is 21.0. The van der Waals surface area contributed by atoms with Crippen LogP contribution in [0.25, 0.3) is 11.1 Å². The van der Waals surface area contributed by atoms with E-state index in [2.05, 4.69) is 31.4 Å². The highest BCUT2D eigenvalue weighted by Gasteiger charge is 2.22. The first-order valence-corrected chi connectivity index (χ1v) is 10.4. The Morgan fingerprint density at radius 2 is 1.71 bits per heavy atom. The summed E-state index contributed by atoms with van der Waals surface area (Å²) in [7, 11) is 0. The van der Waals surface area contributed by atoms with Gasteiger partial charge in [-0.2, -0.15) is 0 Å². The van der Waals surface area contributed by atoms with Gasteiger partial charge in [-0.3, -0.25) is 0 Å². The Hall–Kier alpha value is -1.28. The summed E-state index contributed by atoms with van der Waals surface area (Å²) in [5, 5.41) is 0. The topological polar surface area (TPSA) is 0 Å². The summed E-state index contributed by atoms with van der Waals surface area (Å²) in [5.74, 6) is 1.35. The summed E-state index contributed by atoms with van der Waals surface area (Å²) in [5.41, 5.74) is 2.86. The number of hydrogen-bond acceptors (Lipinski definition) is 1. The Morgan fingerprint density at radius 1 is 1.00 bits per heavy atom. The van der Waals surface area contributed by atoms with E-state index in [1.807, 2.05) is 18.2 Å². The van der Waals surface area contributed by atoms with Gasteiger partial charge < -0.3 is 0 Å². The Balaban J connectivity index is 1.73. The number of rotatable bonds is 5. The van der Waals surface area contributed by atoms with Crippen LogP contribution in [0.4, 0.5) is 4.39 Å². The second kappa shape index (κ2) is 8.20. The van der Waals surface area contributed by atoms with Crippen LogP contribution in [0.2, 0.25) is 0 Å². The van der Waals surface area contributed by atoms with Crippen LogP contribution in [0.1, 0.15) is 56.9 Å². The summed E-state index contributed by atoms with van der Waals surface area (Å²) in [6.07, 6.45) is 9.73. The summed E-state index contributed by atoms with van der Waals surface area (Å²) >= 11 is 1.71. The minimum atomic E-state index is -0.0833. The van der Waals surface area contributed by atoms with Gasteiger partial charge in [-0.1, -0.05) is 44.0 Å². The lowest BCUT2D eigenvalue weighted by Gasteiger charge is -2.28. The van der Waals surface area contributed by atoms with Gasteiger partial charge in [-0.25, -0.2) is 4.39 Å². The zero-order valence-corrected chi connectivity index (χ0v) is 15.5. The molecular formula is C22H27FS. The molecule has 0 spiro atoms. The molecule has 0 bridgehead atoms. The maximum absolute atomic E-state index is 14.7. The highest BCUT2D eigenvalue weighted by atomic mass is 32.2. The fraction of sp³-hybridized carbons (Fsp3) is 0.455. The molecule has 128 valence electrons. The van der Waals surface area contributed by atoms with Gasteiger partial charge in [0.25, 0.3) is 0 Å². The average molecular weight is 343 g/mol. The van der Waals surface area contributed by atoms with E-state index in [0.29, 0.717) is 11.5 Å². The number of benzene rings is 2. The molecule has 3 rings (SSSR count). The Morgan fingerprint density at radius 3 is 2.29 bits per heavy atom. The van der Waals surface area contributed by atoms with E-state index >= 15 is 0 Å². The Labute approximate surface area is 149 Å². The predicted octanol–water partition coefficient (Wildman–Crippen LogP) is 7.29. The maximum Gasteiger partial charge on any atom is 0.131 e. The molecule has 0 unspecified atom stereocenters. The number of hydrogen-bond donors (Lipinski definition) is 0. The van der Waals surface area contributed by atoms with Crippen molar-refractivity contribution in [2.75, 3.05) is 6.26 Å². The van der Waals surface area contributed by atoms with E-state index in [4.69, 9.17) is 0 Å². The van der Waals surface area contributed by atoms with Gasteiger partial charge >= 0.3 is 0 Å². The minimum Gasteiger partial charge on any atom is -0.206 e. The quantitative estimate of drug-likeness (QED) is 0.514. The third kappa shape index (κ3) is 4.03. The van der Waals surface area contributed by atoms with Crippen LogP contribution in [0.15, 0.2) is 47.4 Å². The smallest absolute Gasteiger partial charge is 0.131 e. The van der Waals surface area contributed by atoms with Crippen LogP contribution in [0.3, 0.4) is 0 Å². The molecule has 1 aliphatic carbocycles. The SMILES string of the molecule is CCCC1CCC(c2ccc(-c3ccc(SC)cc3)c(F)c2)CC1. The molecule has 0 aromatic heterocycles. The monoisotopic (exact) mass is 342 g/mol. The Kier molecular flexibility index (Phi) is 5.99. The molecule has 2 heteroatoms. The van der Waals surface area contributed by atoms with Gasteiger partial charge in [0.1, 0.15) is 5.82 Å². The summed E-state index contributed by atoms with van der Waals surface area (Å²) in [6.45, 7) is 2.27. The zero-order chi connectivity index (χ0) is 16.9. The van der Waals surface area contributed by atoms with Gasteiger partial charge in [0.15, 0.2) is 0 Å². The second-order valence-corrected chi connectivity index (χ2v) is 7.85. The molecule has 0 amide bonds. The molecule has 0 radical (unpaired) electrons. The van der Waals surface area contributed by atoms with Crippen molar-refractivity contribution in [3.05, 3.63) is 53.8 Å². The molecule has 2 aromatic carbocycles. The Bertz CT molecular complexity index is 654. The molecule has 0 saturated heterocycles. The fourth-order valence-corrected chi connectivity index (χ4v) is 4.39. The van der Waals surface area contributed by atoms with E-state index in [1.54, 1.807) is 17.8 Å². The molecule has 1 saturated carbocycles. The van der Waals surface area contributed by atoms with Crippen molar-refractivity contribution >= 4 is 11.8 Å². The molecule has 0 aliphatic heterocycles. The number of thioether (sulfide) groups is 1. The van der Waals surface area contributed by atoms with Crippen LogP contribution in [-0.2, 0) is 0 Å². The van der Waals surface area contributed by atoms with Gasteiger partial charge in [0.2, 0.25) is 0 Å². The molecule has 0 N–H and O–H groups in total. The maximum atomic E-state index is 14.7. The lowest BCUT2D eigenvalue weighted by molar-refractivity contribution is 0.308. The first-order valence-electron chi connectivity index (χ1n) is 9.15. The van der Waals surface area contributed by atoms with E-state index in [9.17, 15) is 4.39 Å². The average Bonchev–Trinajstić information content (AvgIpc) is 2.63. The van der Waals surface area contributed by atoms with E-state index < -0.39 is 0 Å². The zero-order valence-electron chi connectivity index (χ0n) is 14.7. The van der Waals surface area contributed by atoms with Crippen molar-refractivity contribution < 1.29 is 4.39 Å². The largest absolute Gasteiger partial charge is 0.206 e. The van der Waals surface area contributed by atoms with Gasteiger partial charge in [-0.05, 0) is 73.1 Å². The van der Waals surface area contributed by atoms with Crippen LogP contribution < -0.4 is 0 Å². The minimum absolute atomic E-state index is 0.0833. The fourth-order valence-electron chi connectivity index (χ4n) is 3.98. The van der Waals surface area contributed by atoms with Crippen molar-refractivity contribution in [2.24, 2.45) is 5.92 Å². The molecule has 24 heavy (non-hydrogen) atoms. The first kappa shape index (κ1) is 17.5. The van der Waals surface area contributed by atoms with Crippen molar-refractivity contribution in [3.63, 3.8) is 0 Å². The van der Waals surface area contributed by atoms with Crippen LogP contribution >= 0.6 is 11.8 Å². The third-order valence-electron chi connectivity index (χ3n) is 5.41. The van der Waals surface area contributed by atoms with Crippen molar-refractivity contribution in [3.8, 4) is 11.1 Å². The van der Waals surface area contributed by atoms with Gasteiger partial charge in [0.05, 0.1) is 0 Å². The lowest BCUT2D eigenvalue weighted by atomic mass is 9.77. The second-order valence-electron chi connectivity index (χ2n) is 6.97. The highest BCUT2D eigenvalue weighted by Crippen LogP contribution is 2.38. The first-order chi connectivity index (χ1) is 11.7. The molecule has 0 atom stereocenters. The summed E-state index contributed by atoms with van der Waals surface area (Å²) < 4.78 is 14.7. The van der Waals surface area contributed by atoms with Crippen molar-refractivity contribution in [2.45, 2.75) is 56.3 Å². The summed E-state index contributed by atoms with van der Waals surface area (Å²) in [6, 6.07) is 14.0. The third-order valence-corrected chi connectivity index (χ3v) is 6.15. The molecule has 2 aromatic rings. The van der Waals surface area contributed by atoms with E-state index in [-0.39, 0.29) is 5.82 Å². The van der Waals surface area contributed by atoms with E-state index in [0.717, 1.165) is 11.5 Å². The molecule has 1 fully saturated rings. The van der Waals surface area contributed by atoms with Crippen LogP contribution in [0, 0.1) is 11.7 Å². The molecule has 0 heterocycles.